The molecule has 1 atom stereocenters. The van der Waals surface area contributed by atoms with Gasteiger partial charge in [-0.2, -0.15) is 0 Å². The van der Waals surface area contributed by atoms with Crippen molar-refractivity contribution in [2.24, 2.45) is 0 Å². The highest BCUT2D eigenvalue weighted by Gasteiger charge is 2.21. The third-order valence-electron chi connectivity index (χ3n) is 5.20. The van der Waals surface area contributed by atoms with Crippen LogP contribution in [0.2, 0.25) is 5.02 Å². The number of pyridine rings is 2. The number of carbonyl (C=O) groups is 1. The number of anilines is 1. The fourth-order valence-corrected chi connectivity index (χ4v) is 3.72. The maximum absolute atomic E-state index is 13.2. The summed E-state index contributed by atoms with van der Waals surface area (Å²) in [6, 6.07) is 10.9. The number of aromatic nitrogens is 4. The number of nitrogens with one attached hydrogen (secondary N) is 1. The van der Waals surface area contributed by atoms with Gasteiger partial charge in [0.15, 0.2) is 5.82 Å². The van der Waals surface area contributed by atoms with E-state index in [0.717, 1.165) is 10.9 Å². The number of amides is 1. The monoisotopic (exact) mass is 450 g/mol. The molecule has 1 N–H and O–H groups in total. The molecule has 9 heteroatoms. The molecule has 0 bridgehead atoms. The van der Waals surface area contributed by atoms with Crippen molar-refractivity contribution in [1.29, 1.82) is 0 Å². The van der Waals surface area contributed by atoms with E-state index in [2.05, 4.69) is 20.3 Å². The number of halogens is 1. The third kappa shape index (κ3) is 4.32. The Labute approximate surface area is 190 Å². The Morgan fingerprint density at radius 3 is 2.88 bits per heavy atom. The van der Waals surface area contributed by atoms with Gasteiger partial charge in [-0.25, -0.2) is 15.0 Å². The number of hydrogen-bond donors (Lipinski definition) is 1. The van der Waals surface area contributed by atoms with Crippen LogP contribution in [-0.4, -0.2) is 58.1 Å². The van der Waals surface area contributed by atoms with Crippen molar-refractivity contribution in [3.63, 3.8) is 0 Å². The number of rotatable bonds is 7. The van der Waals surface area contributed by atoms with Crippen molar-refractivity contribution < 1.29 is 9.53 Å². The first-order valence-electron chi connectivity index (χ1n) is 10.2. The average Bonchev–Trinajstić information content (AvgIpc) is 2.81. The van der Waals surface area contributed by atoms with Gasteiger partial charge in [-0.15, -0.1) is 0 Å². The predicted octanol–water partition coefficient (Wildman–Crippen LogP) is 4.12. The number of ether oxygens (including phenoxy) is 1. The van der Waals surface area contributed by atoms with Crippen molar-refractivity contribution in [3.8, 4) is 0 Å². The number of benzene rings is 1. The van der Waals surface area contributed by atoms with Crippen molar-refractivity contribution in [3.05, 3.63) is 65.3 Å². The van der Waals surface area contributed by atoms with Crippen LogP contribution in [0.4, 0.5) is 5.82 Å². The molecule has 4 rings (SSSR count). The second kappa shape index (κ2) is 9.42. The zero-order valence-corrected chi connectivity index (χ0v) is 18.8. The van der Waals surface area contributed by atoms with Crippen LogP contribution in [-0.2, 0) is 4.74 Å². The molecular formula is C23H23ClN6O2. The minimum Gasteiger partial charge on any atom is -0.383 e. The van der Waals surface area contributed by atoms with Crippen LogP contribution in [0.15, 0.2) is 48.9 Å². The fraction of sp³-hybridized carbons (Fsp3) is 0.261. The smallest absolute Gasteiger partial charge is 0.272 e. The molecule has 3 aromatic heterocycles. The molecule has 4 aromatic rings. The predicted molar refractivity (Wildman–Crippen MR) is 125 cm³/mol. The number of methoxy groups -OCH3 is 1. The van der Waals surface area contributed by atoms with E-state index in [1.54, 1.807) is 31.3 Å². The molecule has 3 heterocycles. The Morgan fingerprint density at radius 1 is 1.22 bits per heavy atom. The highest BCUT2D eigenvalue weighted by atomic mass is 35.5. The van der Waals surface area contributed by atoms with Crippen LogP contribution in [0.5, 0.6) is 0 Å². The van der Waals surface area contributed by atoms with E-state index in [-0.39, 0.29) is 11.9 Å². The van der Waals surface area contributed by atoms with E-state index >= 15 is 0 Å². The standard InChI is InChI=1S/C23H23ClN6O2/c1-14(28-22-20-17(26-13-27-22)8-5-9-25-20)18-12-15-6-4-7-16(24)19(15)21(29-18)23(31)30(2)10-11-32-3/h4-9,12-14H,10-11H2,1-3H3,(H,26,27,28)/t14-/m0/s1. The Hall–Kier alpha value is -3.36. The number of fused-ring (bicyclic) bond motifs is 2. The van der Waals surface area contributed by atoms with Gasteiger partial charge in [0.1, 0.15) is 17.5 Å². The molecule has 164 valence electrons. The summed E-state index contributed by atoms with van der Waals surface area (Å²) in [4.78, 5) is 32.5. The van der Waals surface area contributed by atoms with Gasteiger partial charge in [-0.1, -0.05) is 23.7 Å². The Kier molecular flexibility index (Phi) is 6.43. The highest BCUT2D eigenvalue weighted by Crippen LogP contribution is 2.30. The lowest BCUT2D eigenvalue weighted by Crippen LogP contribution is -2.31. The topological polar surface area (TPSA) is 93.1 Å². The molecule has 1 aromatic carbocycles. The number of nitrogens with zero attached hydrogens (tertiary/aromatic N) is 5. The molecule has 0 fully saturated rings. The van der Waals surface area contributed by atoms with Crippen LogP contribution in [0.1, 0.15) is 29.1 Å². The second-order valence-corrected chi connectivity index (χ2v) is 7.82. The first-order valence-corrected chi connectivity index (χ1v) is 10.5. The molecule has 0 aliphatic rings. The average molecular weight is 451 g/mol. The second-order valence-electron chi connectivity index (χ2n) is 7.41. The van der Waals surface area contributed by atoms with E-state index in [9.17, 15) is 4.79 Å². The molecule has 8 nitrogen and oxygen atoms in total. The van der Waals surface area contributed by atoms with Gasteiger partial charge in [-0.05, 0) is 36.6 Å². The molecule has 0 aliphatic heterocycles. The maximum Gasteiger partial charge on any atom is 0.272 e. The van der Waals surface area contributed by atoms with Crippen molar-refractivity contribution in [2.75, 3.05) is 32.6 Å². The van der Waals surface area contributed by atoms with Crippen LogP contribution in [0.3, 0.4) is 0 Å². The van der Waals surface area contributed by atoms with Crippen molar-refractivity contribution in [2.45, 2.75) is 13.0 Å². The lowest BCUT2D eigenvalue weighted by molar-refractivity contribution is 0.0740. The summed E-state index contributed by atoms with van der Waals surface area (Å²) in [6.45, 7) is 2.83. The molecule has 0 saturated heterocycles. The zero-order valence-electron chi connectivity index (χ0n) is 18.0. The summed E-state index contributed by atoms with van der Waals surface area (Å²) >= 11 is 6.47. The quantitative estimate of drug-likeness (QED) is 0.452. The lowest BCUT2D eigenvalue weighted by atomic mass is 10.0. The summed E-state index contributed by atoms with van der Waals surface area (Å²) < 4.78 is 5.10. The summed E-state index contributed by atoms with van der Waals surface area (Å²) in [6.07, 6.45) is 3.19. The van der Waals surface area contributed by atoms with Crippen molar-refractivity contribution >= 4 is 45.1 Å². The molecule has 0 unspecified atom stereocenters. The molecular weight excluding hydrogens is 428 g/mol. The molecule has 32 heavy (non-hydrogen) atoms. The SMILES string of the molecule is COCCN(C)C(=O)c1nc([C@H](C)Nc2ncnc3cccnc23)cc2cccc(Cl)c12. The Bertz CT molecular complexity index is 1280. The number of likely N-dealkylation sites (N-methyl/N-ethyl adjacent to an activating group) is 1. The summed E-state index contributed by atoms with van der Waals surface area (Å²) in [5.41, 5.74) is 2.40. The Balaban J connectivity index is 1.75. The molecule has 0 spiro atoms. The molecule has 0 radical (unpaired) electrons. The largest absolute Gasteiger partial charge is 0.383 e. The summed E-state index contributed by atoms with van der Waals surface area (Å²) in [5, 5.41) is 5.31. The molecule has 1 amide bonds. The number of carbonyl (C=O) groups excluding carboxylic acids is 1. The van der Waals surface area contributed by atoms with Crippen molar-refractivity contribution in [1.82, 2.24) is 24.8 Å². The molecule has 0 saturated carbocycles. The van der Waals surface area contributed by atoms with E-state index in [0.29, 0.717) is 46.3 Å². The van der Waals surface area contributed by atoms with E-state index in [1.807, 2.05) is 37.3 Å². The number of hydrogen-bond acceptors (Lipinski definition) is 7. The molecule has 0 aliphatic carbocycles. The van der Waals surface area contributed by atoms with Crippen LogP contribution < -0.4 is 5.32 Å². The lowest BCUT2D eigenvalue weighted by Gasteiger charge is -2.20. The van der Waals surface area contributed by atoms with Gasteiger partial charge in [0, 0.05) is 32.3 Å². The van der Waals surface area contributed by atoms with Crippen LogP contribution in [0.25, 0.3) is 21.8 Å². The summed E-state index contributed by atoms with van der Waals surface area (Å²) in [5.74, 6) is 0.379. The zero-order chi connectivity index (χ0) is 22.7. The maximum atomic E-state index is 13.2. The van der Waals surface area contributed by atoms with Crippen LogP contribution >= 0.6 is 11.6 Å². The van der Waals surface area contributed by atoms with Gasteiger partial charge >= 0.3 is 0 Å². The van der Waals surface area contributed by atoms with Gasteiger partial charge < -0.3 is 15.0 Å². The van der Waals surface area contributed by atoms with Gasteiger partial charge in [0.25, 0.3) is 5.91 Å². The van der Waals surface area contributed by atoms with Gasteiger partial charge in [-0.3, -0.25) is 9.78 Å². The first kappa shape index (κ1) is 21.9. The third-order valence-corrected chi connectivity index (χ3v) is 5.51. The minimum atomic E-state index is -0.255. The Morgan fingerprint density at radius 2 is 2.06 bits per heavy atom. The summed E-state index contributed by atoms with van der Waals surface area (Å²) in [7, 11) is 3.32. The van der Waals surface area contributed by atoms with E-state index in [1.165, 1.54) is 6.33 Å². The first-order chi connectivity index (χ1) is 15.5. The minimum absolute atomic E-state index is 0.219. The fourth-order valence-electron chi connectivity index (χ4n) is 3.45. The van der Waals surface area contributed by atoms with Crippen LogP contribution in [0, 0.1) is 0 Å². The van der Waals surface area contributed by atoms with E-state index in [4.69, 9.17) is 21.3 Å². The normalized spacial score (nSPS) is 12.1. The van der Waals surface area contributed by atoms with Gasteiger partial charge in [0.05, 0.1) is 28.9 Å². The van der Waals surface area contributed by atoms with E-state index < -0.39 is 0 Å². The highest BCUT2D eigenvalue weighted by molar-refractivity contribution is 6.36. The van der Waals surface area contributed by atoms with Gasteiger partial charge in [0.2, 0.25) is 0 Å².